The number of primary amides is 1. The van der Waals surface area contributed by atoms with E-state index in [0.29, 0.717) is 11.4 Å². The molecule has 1 aromatic carbocycles. The number of nitrogens with one attached hydrogen (secondary N) is 1. The van der Waals surface area contributed by atoms with Crippen LogP contribution in [0.1, 0.15) is 18.9 Å². The highest BCUT2D eigenvalue weighted by molar-refractivity contribution is 6.30. The molecule has 2 atom stereocenters. The highest BCUT2D eigenvalue weighted by Gasteiger charge is 2.17. The number of amides is 2. The molecule has 0 aliphatic rings. The van der Waals surface area contributed by atoms with Crippen molar-refractivity contribution in [3.05, 3.63) is 34.9 Å². The lowest BCUT2D eigenvalue weighted by Crippen LogP contribution is -2.46. The zero-order chi connectivity index (χ0) is 14.4. The summed E-state index contributed by atoms with van der Waals surface area (Å²) in [5.41, 5.74) is 11.6. The molecule has 0 spiro atoms. The Kier molecular flexibility index (Phi) is 5.79. The van der Waals surface area contributed by atoms with E-state index in [-0.39, 0.29) is 18.4 Å². The normalized spacial score (nSPS) is 13.6. The quantitative estimate of drug-likeness (QED) is 0.712. The lowest BCUT2D eigenvalue weighted by molar-refractivity contribution is -0.126. The first kappa shape index (κ1) is 15.5. The lowest BCUT2D eigenvalue weighted by atomic mass is 10.1. The molecule has 0 aliphatic carbocycles. The van der Waals surface area contributed by atoms with Gasteiger partial charge in [-0.05, 0) is 31.0 Å². The summed E-state index contributed by atoms with van der Waals surface area (Å²) in [6, 6.07) is 6.40. The highest BCUT2D eigenvalue weighted by Crippen LogP contribution is 2.12. The molecule has 1 rings (SSSR count). The van der Waals surface area contributed by atoms with Gasteiger partial charge in [0.25, 0.3) is 0 Å². The number of nitrogens with two attached hydrogens (primary N) is 2. The third-order valence-corrected chi connectivity index (χ3v) is 2.81. The Labute approximate surface area is 117 Å². The van der Waals surface area contributed by atoms with Crippen LogP contribution in [0.15, 0.2) is 24.3 Å². The maximum Gasteiger partial charge on any atom is 0.237 e. The maximum atomic E-state index is 11.7. The molecule has 5 N–H and O–H groups in total. The molecule has 2 amide bonds. The van der Waals surface area contributed by atoms with Crippen LogP contribution in [-0.4, -0.2) is 23.9 Å². The summed E-state index contributed by atoms with van der Waals surface area (Å²) < 4.78 is 0. The number of carbonyl (C=O) groups excluding carboxylic acids is 2. The van der Waals surface area contributed by atoms with Gasteiger partial charge in [0.2, 0.25) is 11.8 Å². The second-order valence-corrected chi connectivity index (χ2v) is 4.96. The first-order valence-corrected chi connectivity index (χ1v) is 6.35. The van der Waals surface area contributed by atoms with Crippen molar-refractivity contribution in [1.29, 1.82) is 0 Å². The predicted octanol–water partition coefficient (Wildman–Crippen LogP) is 0.590. The van der Waals surface area contributed by atoms with Gasteiger partial charge in [0.05, 0.1) is 12.5 Å². The number of hydrogen-bond acceptors (Lipinski definition) is 3. The van der Waals surface area contributed by atoms with Gasteiger partial charge in [0.1, 0.15) is 0 Å². The fourth-order valence-corrected chi connectivity index (χ4v) is 1.94. The van der Waals surface area contributed by atoms with E-state index in [1.54, 1.807) is 6.07 Å². The summed E-state index contributed by atoms with van der Waals surface area (Å²) in [5.74, 6) is -0.974. The summed E-state index contributed by atoms with van der Waals surface area (Å²) in [6.45, 7) is 1.86. The lowest BCUT2D eigenvalue weighted by Gasteiger charge is -2.17. The van der Waals surface area contributed by atoms with E-state index in [2.05, 4.69) is 5.32 Å². The molecular weight excluding hydrogens is 266 g/mol. The minimum Gasteiger partial charge on any atom is -0.370 e. The van der Waals surface area contributed by atoms with Gasteiger partial charge >= 0.3 is 0 Å². The van der Waals surface area contributed by atoms with Crippen LogP contribution in [0.4, 0.5) is 0 Å². The van der Waals surface area contributed by atoms with Crippen molar-refractivity contribution in [1.82, 2.24) is 5.32 Å². The van der Waals surface area contributed by atoms with Crippen LogP contribution >= 0.6 is 11.6 Å². The fourth-order valence-electron chi connectivity index (χ4n) is 1.73. The van der Waals surface area contributed by atoms with Gasteiger partial charge in [-0.2, -0.15) is 0 Å². The highest BCUT2D eigenvalue weighted by atomic mass is 35.5. The summed E-state index contributed by atoms with van der Waals surface area (Å²) in [5, 5.41) is 3.39. The Balaban J connectivity index is 2.48. The molecule has 0 bridgehead atoms. The van der Waals surface area contributed by atoms with Crippen LogP contribution in [0.3, 0.4) is 0 Å². The Bertz CT molecular complexity index is 465. The number of hydrogen-bond donors (Lipinski definition) is 3. The Morgan fingerprint density at radius 2 is 2.11 bits per heavy atom. The van der Waals surface area contributed by atoms with E-state index in [1.807, 2.05) is 25.1 Å². The zero-order valence-electron chi connectivity index (χ0n) is 10.7. The van der Waals surface area contributed by atoms with Crippen molar-refractivity contribution >= 4 is 23.4 Å². The van der Waals surface area contributed by atoms with Crippen LogP contribution < -0.4 is 16.8 Å². The summed E-state index contributed by atoms with van der Waals surface area (Å²) in [7, 11) is 0. The molecule has 0 saturated heterocycles. The smallest absolute Gasteiger partial charge is 0.237 e. The van der Waals surface area contributed by atoms with Crippen molar-refractivity contribution in [2.45, 2.75) is 31.8 Å². The molecule has 0 aromatic heterocycles. The van der Waals surface area contributed by atoms with Crippen molar-refractivity contribution in [2.24, 2.45) is 11.5 Å². The van der Waals surface area contributed by atoms with E-state index in [1.165, 1.54) is 0 Å². The van der Waals surface area contributed by atoms with Crippen LogP contribution in [0.2, 0.25) is 5.02 Å². The maximum absolute atomic E-state index is 11.7. The molecule has 104 valence electrons. The monoisotopic (exact) mass is 283 g/mol. The average molecular weight is 284 g/mol. The van der Waals surface area contributed by atoms with Gasteiger partial charge in [0.15, 0.2) is 0 Å². The van der Waals surface area contributed by atoms with Gasteiger partial charge in [-0.25, -0.2) is 0 Å². The third-order valence-electron chi connectivity index (χ3n) is 2.58. The molecule has 19 heavy (non-hydrogen) atoms. The SMILES string of the molecule is CC(Cc1cccc(Cl)c1)NC(=O)C(N)CC(N)=O. The van der Waals surface area contributed by atoms with Gasteiger partial charge in [-0.15, -0.1) is 0 Å². The molecule has 2 unspecified atom stereocenters. The summed E-state index contributed by atoms with van der Waals surface area (Å²) in [6.07, 6.45) is 0.477. The molecule has 0 radical (unpaired) electrons. The minimum absolute atomic E-state index is 0.107. The fraction of sp³-hybridized carbons (Fsp3) is 0.385. The Morgan fingerprint density at radius 1 is 1.42 bits per heavy atom. The largest absolute Gasteiger partial charge is 0.370 e. The first-order valence-electron chi connectivity index (χ1n) is 5.97. The minimum atomic E-state index is -0.903. The number of carbonyl (C=O) groups is 2. The molecule has 0 saturated carbocycles. The van der Waals surface area contributed by atoms with E-state index in [0.717, 1.165) is 5.56 Å². The summed E-state index contributed by atoms with van der Waals surface area (Å²) in [4.78, 5) is 22.4. The van der Waals surface area contributed by atoms with Gasteiger partial charge in [0, 0.05) is 11.1 Å². The van der Waals surface area contributed by atoms with Gasteiger partial charge < -0.3 is 16.8 Å². The topological polar surface area (TPSA) is 98.2 Å². The third kappa shape index (κ3) is 5.72. The van der Waals surface area contributed by atoms with E-state index >= 15 is 0 Å². The van der Waals surface area contributed by atoms with Gasteiger partial charge in [-0.1, -0.05) is 23.7 Å². The van der Waals surface area contributed by atoms with Crippen LogP contribution in [0, 0.1) is 0 Å². The second-order valence-electron chi connectivity index (χ2n) is 4.52. The molecule has 0 aliphatic heterocycles. The summed E-state index contributed by atoms with van der Waals surface area (Å²) >= 11 is 5.88. The van der Waals surface area contributed by atoms with Gasteiger partial charge in [-0.3, -0.25) is 9.59 Å². The first-order chi connectivity index (χ1) is 8.88. The van der Waals surface area contributed by atoms with Crippen molar-refractivity contribution < 1.29 is 9.59 Å². The van der Waals surface area contributed by atoms with E-state index in [9.17, 15) is 9.59 Å². The molecule has 0 heterocycles. The number of halogens is 1. The molecular formula is C13H18ClN3O2. The van der Waals surface area contributed by atoms with Crippen molar-refractivity contribution in [3.63, 3.8) is 0 Å². The standard InChI is InChI=1S/C13H18ClN3O2/c1-8(5-9-3-2-4-10(14)6-9)17-13(19)11(15)7-12(16)18/h2-4,6,8,11H,5,7,15H2,1H3,(H2,16,18)(H,17,19). The molecule has 5 nitrogen and oxygen atoms in total. The molecule has 0 fully saturated rings. The second kappa shape index (κ2) is 7.11. The Morgan fingerprint density at radius 3 is 2.68 bits per heavy atom. The van der Waals surface area contributed by atoms with Crippen molar-refractivity contribution in [2.75, 3.05) is 0 Å². The van der Waals surface area contributed by atoms with E-state index in [4.69, 9.17) is 23.1 Å². The number of benzene rings is 1. The predicted molar refractivity (Wildman–Crippen MR) is 74.5 cm³/mol. The van der Waals surface area contributed by atoms with E-state index < -0.39 is 11.9 Å². The number of rotatable bonds is 6. The van der Waals surface area contributed by atoms with Crippen LogP contribution in [0.5, 0.6) is 0 Å². The molecule has 6 heteroatoms. The van der Waals surface area contributed by atoms with Crippen molar-refractivity contribution in [3.8, 4) is 0 Å². The average Bonchev–Trinajstić information content (AvgIpc) is 2.27. The Hall–Kier alpha value is -1.59. The molecule has 1 aromatic rings. The van der Waals surface area contributed by atoms with Crippen LogP contribution in [0.25, 0.3) is 0 Å². The van der Waals surface area contributed by atoms with Crippen LogP contribution in [-0.2, 0) is 16.0 Å². The zero-order valence-corrected chi connectivity index (χ0v) is 11.5.